The van der Waals surface area contributed by atoms with E-state index in [2.05, 4.69) is 20.3 Å². The van der Waals surface area contributed by atoms with Gasteiger partial charge in [0.25, 0.3) is 5.91 Å². The van der Waals surface area contributed by atoms with E-state index in [-0.39, 0.29) is 11.9 Å². The molecule has 1 aromatic carbocycles. The number of carbonyl (C=O) groups is 1. The van der Waals surface area contributed by atoms with Gasteiger partial charge in [-0.2, -0.15) is 20.1 Å². The smallest absolute Gasteiger partial charge is 0.256 e. The largest absolute Gasteiger partial charge is 0.481 e. The maximum absolute atomic E-state index is 13.8. The molecule has 34 heavy (non-hydrogen) atoms. The van der Waals surface area contributed by atoms with Crippen LogP contribution in [0.3, 0.4) is 0 Å². The van der Waals surface area contributed by atoms with Crippen molar-refractivity contribution in [3.8, 4) is 22.8 Å². The lowest BCUT2D eigenvalue weighted by Crippen LogP contribution is -2.46. The summed E-state index contributed by atoms with van der Waals surface area (Å²) in [7, 11) is 1.60. The molecule has 4 aromatic rings. The number of amides is 1. The van der Waals surface area contributed by atoms with Gasteiger partial charge in [0.1, 0.15) is 0 Å². The Morgan fingerprint density at radius 3 is 2.79 bits per heavy atom. The van der Waals surface area contributed by atoms with Crippen LogP contribution < -0.4 is 4.74 Å². The summed E-state index contributed by atoms with van der Waals surface area (Å²) < 4.78 is 7.14. The van der Waals surface area contributed by atoms with E-state index >= 15 is 0 Å². The van der Waals surface area contributed by atoms with Crippen molar-refractivity contribution in [1.82, 2.24) is 34.7 Å². The molecule has 174 valence electrons. The van der Waals surface area contributed by atoms with Crippen LogP contribution in [-0.2, 0) is 6.54 Å². The van der Waals surface area contributed by atoms with Gasteiger partial charge >= 0.3 is 0 Å². The van der Waals surface area contributed by atoms with Crippen LogP contribution in [0.5, 0.6) is 5.88 Å². The van der Waals surface area contributed by atoms with Gasteiger partial charge in [-0.1, -0.05) is 17.7 Å². The van der Waals surface area contributed by atoms with Gasteiger partial charge in [0.05, 0.1) is 55.2 Å². The number of hydrogen-bond donors (Lipinski definition) is 0. The molecule has 1 aliphatic rings. The zero-order valence-corrected chi connectivity index (χ0v) is 19.3. The first-order chi connectivity index (χ1) is 16.6. The average Bonchev–Trinajstić information content (AvgIpc) is 3.57. The highest BCUT2D eigenvalue weighted by molar-refractivity contribution is 5.98. The molecule has 9 nitrogen and oxygen atoms in total. The van der Waals surface area contributed by atoms with Gasteiger partial charge in [-0.05, 0) is 44.4 Å². The molecule has 4 heterocycles. The molecule has 1 aliphatic heterocycles. The fraction of sp³-hybridized carbons (Fsp3) is 0.320. The molecule has 0 unspecified atom stereocenters. The molecule has 1 fully saturated rings. The highest BCUT2D eigenvalue weighted by atomic mass is 16.5. The Balaban J connectivity index is 1.39. The summed E-state index contributed by atoms with van der Waals surface area (Å²) in [5.74, 6) is 0.567. The minimum absolute atomic E-state index is 0.00235. The number of rotatable bonds is 6. The Kier molecular flexibility index (Phi) is 6.07. The minimum atomic E-state index is 0.00235. The lowest BCUT2D eigenvalue weighted by molar-refractivity contribution is 0.0583. The summed E-state index contributed by atoms with van der Waals surface area (Å²) in [6, 6.07) is 11.5. The summed E-state index contributed by atoms with van der Waals surface area (Å²) in [5, 5.41) is 13.0. The lowest BCUT2D eigenvalue weighted by Gasteiger charge is -2.36. The Bertz CT molecular complexity index is 1280. The predicted octanol–water partition coefficient (Wildman–Crippen LogP) is 3.54. The Labute approximate surface area is 198 Å². The van der Waals surface area contributed by atoms with Crippen LogP contribution in [0.4, 0.5) is 0 Å². The molecule has 0 aliphatic carbocycles. The molecule has 0 N–H and O–H groups in total. The van der Waals surface area contributed by atoms with Crippen molar-refractivity contribution >= 4 is 5.91 Å². The Morgan fingerprint density at radius 1 is 1.12 bits per heavy atom. The van der Waals surface area contributed by atoms with Crippen molar-refractivity contribution in [2.45, 2.75) is 38.8 Å². The van der Waals surface area contributed by atoms with Gasteiger partial charge in [0.2, 0.25) is 5.88 Å². The highest BCUT2D eigenvalue weighted by Crippen LogP contribution is 2.25. The van der Waals surface area contributed by atoms with Crippen LogP contribution >= 0.6 is 0 Å². The molecule has 5 rings (SSSR count). The molecule has 3 aromatic heterocycles. The van der Waals surface area contributed by atoms with Gasteiger partial charge in [-0.3, -0.25) is 9.48 Å². The van der Waals surface area contributed by atoms with E-state index in [4.69, 9.17) is 4.74 Å². The number of nitrogens with zero attached hydrogens (tertiary/aromatic N) is 7. The number of aryl methyl sites for hydroxylation is 1. The molecule has 1 atom stereocenters. The van der Waals surface area contributed by atoms with E-state index in [1.54, 1.807) is 25.7 Å². The number of benzene rings is 1. The second kappa shape index (κ2) is 9.46. The van der Waals surface area contributed by atoms with Gasteiger partial charge in [-0.25, -0.2) is 4.98 Å². The zero-order chi connectivity index (χ0) is 23.5. The third-order valence-electron chi connectivity index (χ3n) is 6.16. The second-order valence-corrected chi connectivity index (χ2v) is 8.50. The van der Waals surface area contributed by atoms with E-state index < -0.39 is 0 Å². The van der Waals surface area contributed by atoms with E-state index in [1.165, 1.54) is 4.80 Å². The second-order valence-electron chi connectivity index (χ2n) is 8.50. The minimum Gasteiger partial charge on any atom is -0.481 e. The number of likely N-dealkylation sites (tertiary alicyclic amines) is 1. The molecule has 0 radical (unpaired) electrons. The van der Waals surface area contributed by atoms with Crippen LogP contribution in [0.1, 0.15) is 35.2 Å². The van der Waals surface area contributed by atoms with Gasteiger partial charge in [0.15, 0.2) is 0 Å². The van der Waals surface area contributed by atoms with Crippen LogP contribution in [0.15, 0.2) is 61.2 Å². The van der Waals surface area contributed by atoms with E-state index in [0.717, 1.165) is 42.6 Å². The van der Waals surface area contributed by atoms with Gasteiger partial charge in [-0.15, -0.1) is 0 Å². The first-order valence-corrected chi connectivity index (χ1v) is 11.4. The fourth-order valence-electron chi connectivity index (χ4n) is 4.45. The summed E-state index contributed by atoms with van der Waals surface area (Å²) in [4.78, 5) is 21.8. The number of carbonyl (C=O) groups excluding carboxylic acids is 1. The van der Waals surface area contributed by atoms with Crippen molar-refractivity contribution in [3.63, 3.8) is 0 Å². The number of pyridine rings is 1. The van der Waals surface area contributed by atoms with Crippen LogP contribution in [0, 0.1) is 6.92 Å². The van der Waals surface area contributed by atoms with Crippen molar-refractivity contribution in [3.05, 3.63) is 72.3 Å². The summed E-state index contributed by atoms with van der Waals surface area (Å²) in [6.07, 6.45) is 10.0. The topological polar surface area (TPSA) is 91.0 Å². The third kappa shape index (κ3) is 4.41. The van der Waals surface area contributed by atoms with Gasteiger partial charge < -0.3 is 9.64 Å². The van der Waals surface area contributed by atoms with E-state index in [0.29, 0.717) is 23.7 Å². The quantitative estimate of drug-likeness (QED) is 0.440. The van der Waals surface area contributed by atoms with Crippen molar-refractivity contribution in [2.75, 3.05) is 13.7 Å². The maximum atomic E-state index is 13.8. The normalized spacial score (nSPS) is 15.9. The van der Waals surface area contributed by atoms with E-state index in [9.17, 15) is 4.79 Å². The standard InChI is InChI=1S/C25H27N7O2/c1-18-9-10-23(32-26-11-12-27-32)21(14-18)25(33)31-13-4-3-6-20(31)17-30-16-19(15-28-30)22-7-5-8-24(29-22)34-2/h5,7-12,14-16,20H,3-4,6,13,17H2,1-2H3/t20-/m0/s1. The molecule has 9 heteroatoms. The van der Waals surface area contributed by atoms with Crippen molar-refractivity contribution in [1.29, 1.82) is 0 Å². The predicted molar refractivity (Wildman–Crippen MR) is 127 cm³/mol. The zero-order valence-electron chi connectivity index (χ0n) is 19.3. The molecule has 1 saturated heterocycles. The van der Waals surface area contributed by atoms with Gasteiger partial charge in [0, 0.05) is 24.4 Å². The Morgan fingerprint density at radius 2 is 1.97 bits per heavy atom. The van der Waals surface area contributed by atoms with Crippen LogP contribution in [0.2, 0.25) is 0 Å². The first kappa shape index (κ1) is 21.8. The third-order valence-corrected chi connectivity index (χ3v) is 6.16. The number of aromatic nitrogens is 6. The fourth-order valence-corrected chi connectivity index (χ4v) is 4.45. The molecule has 1 amide bonds. The maximum Gasteiger partial charge on any atom is 0.256 e. The summed E-state index contributed by atoms with van der Waals surface area (Å²) in [5.41, 5.74) is 4.05. The van der Waals surface area contributed by atoms with Crippen LogP contribution in [0.25, 0.3) is 16.9 Å². The number of ether oxygens (including phenoxy) is 1. The Hall–Kier alpha value is -4.01. The summed E-state index contributed by atoms with van der Waals surface area (Å²) in [6.45, 7) is 3.33. The van der Waals surface area contributed by atoms with Crippen molar-refractivity contribution in [2.24, 2.45) is 0 Å². The highest BCUT2D eigenvalue weighted by Gasteiger charge is 2.30. The van der Waals surface area contributed by atoms with Crippen LogP contribution in [-0.4, -0.2) is 60.3 Å². The van der Waals surface area contributed by atoms with Crippen molar-refractivity contribution < 1.29 is 9.53 Å². The number of methoxy groups -OCH3 is 1. The number of hydrogen-bond acceptors (Lipinski definition) is 6. The lowest BCUT2D eigenvalue weighted by atomic mass is 9.99. The molecular weight excluding hydrogens is 430 g/mol. The molecular formula is C25H27N7O2. The van der Waals surface area contributed by atoms with E-state index in [1.807, 2.05) is 59.1 Å². The molecule has 0 bridgehead atoms. The SMILES string of the molecule is COc1cccc(-c2cnn(C[C@@H]3CCCCN3C(=O)c3cc(C)ccc3-n3nccn3)c2)n1. The molecule has 0 spiro atoms. The average molecular weight is 458 g/mol. The first-order valence-electron chi connectivity index (χ1n) is 11.4. The monoisotopic (exact) mass is 457 g/mol. The summed E-state index contributed by atoms with van der Waals surface area (Å²) >= 11 is 0. The molecule has 0 saturated carbocycles. The number of piperidine rings is 1.